The first-order valence-electron chi connectivity index (χ1n) is 2.11. The van der Waals surface area contributed by atoms with Gasteiger partial charge in [-0.1, -0.05) is 15.9 Å². The number of nitrogens with one attached hydrogen (secondary N) is 1. The van der Waals surface area contributed by atoms with E-state index in [4.69, 9.17) is 0 Å². The van der Waals surface area contributed by atoms with Crippen molar-refractivity contribution < 1.29 is 0 Å². The van der Waals surface area contributed by atoms with Crippen LogP contribution in [0.5, 0.6) is 0 Å². The summed E-state index contributed by atoms with van der Waals surface area (Å²) >= 11 is 3.40. The van der Waals surface area contributed by atoms with Crippen LogP contribution in [0.2, 0.25) is 0 Å². The number of alkyl halides is 1. The molecule has 0 aliphatic carbocycles. The fourth-order valence-corrected chi connectivity index (χ4v) is 0.975. The molecule has 0 saturated carbocycles. The molecule has 0 spiro atoms. The van der Waals surface area contributed by atoms with E-state index in [9.17, 15) is 0 Å². The first kappa shape index (κ1) is 4.60. The highest BCUT2D eigenvalue weighted by Crippen LogP contribution is 2.12. The normalized spacial score (nSPS) is 34.5. The van der Waals surface area contributed by atoms with Gasteiger partial charge in [-0.3, -0.25) is 0 Å². The summed E-state index contributed by atoms with van der Waals surface area (Å²) in [6.07, 6.45) is 2.44. The van der Waals surface area contributed by atoms with E-state index < -0.39 is 0 Å². The molecule has 0 amide bonds. The summed E-state index contributed by atoms with van der Waals surface area (Å²) < 4.78 is 0. The van der Waals surface area contributed by atoms with Crippen molar-refractivity contribution in [3.8, 4) is 0 Å². The minimum absolute atomic E-state index is 0.553. The second kappa shape index (κ2) is 1.94. The second-order valence-electron chi connectivity index (χ2n) is 1.42. The molecular weight excluding hydrogens is 142 g/mol. The Morgan fingerprint density at radius 2 is 2.67 bits per heavy atom. The highest BCUT2D eigenvalue weighted by molar-refractivity contribution is 9.09. The molecular formula is C4H7BrN. The lowest BCUT2D eigenvalue weighted by Gasteiger charge is -1.92. The molecule has 1 rings (SSSR count). The van der Waals surface area contributed by atoms with E-state index in [1.54, 1.807) is 0 Å². The second-order valence-corrected chi connectivity index (χ2v) is 2.52. The third-order valence-corrected chi connectivity index (χ3v) is 1.59. The molecule has 2 heteroatoms. The first-order chi connectivity index (χ1) is 2.89. The van der Waals surface area contributed by atoms with Gasteiger partial charge in [0.25, 0.3) is 0 Å². The Morgan fingerprint density at radius 1 is 1.83 bits per heavy atom. The quantitative estimate of drug-likeness (QED) is 0.403. The maximum absolute atomic E-state index is 3.40. The highest BCUT2D eigenvalue weighted by atomic mass is 79.9. The van der Waals surface area contributed by atoms with Crippen LogP contribution in [-0.2, 0) is 0 Å². The van der Waals surface area contributed by atoms with Gasteiger partial charge in [-0.2, -0.15) is 0 Å². The van der Waals surface area contributed by atoms with Gasteiger partial charge in [0.1, 0.15) is 0 Å². The van der Waals surface area contributed by atoms with E-state index in [0.29, 0.717) is 4.95 Å². The molecule has 1 aliphatic rings. The Balaban J connectivity index is 2.18. The van der Waals surface area contributed by atoms with Crippen molar-refractivity contribution in [1.82, 2.24) is 5.32 Å². The van der Waals surface area contributed by atoms with Crippen LogP contribution in [0.25, 0.3) is 0 Å². The van der Waals surface area contributed by atoms with Crippen LogP contribution < -0.4 is 5.32 Å². The molecule has 1 heterocycles. The smallest absolute Gasteiger partial charge is 0.0633 e. The Bertz CT molecular complexity index is 40.8. The Morgan fingerprint density at radius 3 is 2.83 bits per heavy atom. The van der Waals surface area contributed by atoms with Crippen molar-refractivity contribution in [1.29, 1.82) is 0 Å². The Kier molecular flexibility index (Phi) is 1.48. The monoisotopic (exact) mass is 148 g/mol. The molecule has 0 aromatic rings. The van der Waals surface area contributed by atoms with Gasteiger partial charge in [0.2, 0.25) is 0 Å². The number of hydrogen-bond donors (Lipinski definition) is 1. The number of halogens is 1. The van der Waals surface area contributed by atoms with E-state index >= 15 is 0 Å². The summed E-state index contributed by atoms with van der Waals surface area (Å²) in [5, 5.41) is 3.11. The van der Waals surface area contributed by atoms with Gasteiger partial charge in [-0.05, 0) is 12.8 Å². The molecule has 0 bridgehead atoms. The Labute approximate surface area is 46.2 Å². The SMILES string of the molecule is BrC1CC[CH]N1. The third-order valence-electron chi connectivity index (χ3n) is 0.863. The zero-order chi connectivity index (χ0) is 4.41. The van der Waals surface area contributed by atoms with Gasteiger partial charge in [0, 0.05) is 6.54 Å². The Hall–Kier alpha value is 0.440. The molecule has 1 atom stereocenters. The molecule has 1 aliphatic heterocycles. The predicted octanol–water partition coefficient (Wildman–Crippen LogP) is 1.25. The minimum atomic E-state index is 0.553. The maximum Gasteiger partial charge on any atom is 0.0633 e. The van der Waals surface area contributed by atoms with Gasteiger partial charge in [0.15, 0.2) is 0 Å². The first-order valence-corrected chi connectivity index (χ1v) is 3.03. The van der Waals surface area contributed by atoms with E-state index in [1.165, 1.54) is 12.8 Å². The summed E-state index contributed by atoms with van der Waals surface area (Å²) in [5.41, 5.74) is 0. The molecule has 6 heavy (non-hydrogen) atoms. The van der Waals surface area contributed by atoms with Crippen LogP contribution in [-0.4, -0.2) is 4.95 Å². The van der Waals surface area contributed by atoms with Gasteiger partial charge in [-0.25, -0.2) is 0 Å². The molecule has 0 aromatic heterocycles. The molecule has 1 saturated heterocycles. The van der Waals surface area contributed by atoms with Crippen molar-refractivity contribution in [2.24, 2.45) is 0 Å². The highest BCUT2D eigenvalue weighted by Gasteiger charge is 2.07. The van der Waals surface area contributed by atoms with Crippen LogP contribution in [0, 0.1) is 6.54 Å². The minimum Gasteiger partial charge on any atom is -0.300 e. The van der Waals surface area contributed by atoms with Crippen molar-refractivity contribution in [3.63, 3.8) is 0 Å². The van der Waals surface area contributed by atoms with Crippen molar-refractivity contribution in [2.45, 2.75) is 17.8 Å². The van der Waals surface area contributed by atoms with E-state index in [-0.39, 0.29) is 0 Å². The average Bonchev–Trinajstić information content (AvgIpc) is 1.86. The largest absolute Gasteiger partial charge is 0.300 e. The summed E-state index contributed by atoms with van der Waals surface area (Å²) in [6.45, 7) is 2.08. The van der Waals surface area contributed by atoms with Gasteiger partial charge < -0.3 is 5.32 Å². The molecule has 1 N–H and O–H groups in total. The average molecular weight is 149 g/mol. The molecule has 1 radical (unpaired) electrons. The summed E-state index contributed by atoms with van der Waals surface area (Å²) in [4.78, 5) is 0.553. The number of rotatable bonds is 0. The molecule has 35 valence electrons. The van der Waals surface area contributed by atoms with Crippen LogP contribution in [0.3, 0.4) is 0 Å². The van der Waals surface area contributed by atoms with Crippen molar-refractivity contribution >= 4 is 15.9 Å². The summed E-state index contributed by atoms with van der Waals surface area (Å²) in [6, 6.07) is 0. The lowest BCUT2D eigenvalue weighted by Crippen LogP contribution is -2.09. The number of hydrogen-bond acceptors (Lipinski definition) is 1. The van der Waals surface area contributed by atoms with E-state index in [2.05, 4.69) is 27.8 Å². The fourth-order valence-electron chi connectivity index (χ4n) is 0.524. The van der Waals surface area contributed by atoms with Crippen LogP contribution >= 0.6 is 15.9 Å². The van der Waals surface area contributed by atoms with Crippen LogP contribution in [0.15, 0.2) is 0 Å². The maximum atomic E-state index is 3.40. The van der Waals surface area contributed by atoms with Crippen molar-refractivity contribution in [3.05, 3.63) is 6.54 Å². The third kappa shape index (κ3) is 0.949. The predicted molar refractivity (Wildman–Crippen MR) is 29.4 cm³/mol. The summed E-state index contributed by atoms with van der Waals surface area (Å²) in [5.74, 6) is 0. The molecule has 1 nitrogen and oxygen atoms in total. The lowest BCUT2D eigenvalue weighted by atomic mass is 10.4. The standard InChI is InChI=1S/C4H7BrN/c5-4-2-1-3-6-4/h3-4,6H,1-2H2. The van der Waals surface area contributed by atoms with Crippen LogP contribution in [0.4, 0.5) is 0 Å². The van der Waals surface area contributed by atoms with Gasteiger partial charge in [0.05, 0.1) is 4.95 Å². The molecule has 1 fully saturated rings. The van der Waals surface area contributed by atoms with Gasteiger partial charge in [-0.15, -0.1) is 0 Å². The zero-order valence-electron chi connectivity index (χ0n) is 3.45. The fraction of sp³-hybridized carbons (Fsp3) is 0.750. The molecule has 1 unspecified atom stereocenters. The topological polar surface area (TPSA) is 12.0 Å². The summed E-state index contributed by atoms with van der Waals surface area (Å²) in [7, 11) is 0. The lowest BCUT2D eigenvalue weighted by molar-refractivity contribution is 0.851. The molecule has 0 aromatic carbocycles. The van der Waals surface area contributed by atoms with Crippen LogP contribution in [0.1, 0.15) is 12.8 Å². The van der Waals surface area contributed by atoms with E-state index in [1.807, 2.05) is 0 Å². The zero-order valence-corrected chi connectivity index (χ0v) is 5.03. The van der Waals surface area contributed by atoms with Gasteiger partial charge >= 0.3 is 0 Å². The van der Waals surface area contributed by atoms with E-state index in [0.717, 1.165) is 0 Å². The van der Waals surface area contributed by atoms with Crippen molar-refractivity contribution in [2.75, 3.05) is 0 Å².